The summed E-state index contributed by atoms with van der Waals surface area (Å²) in [7, 11) is 0. The van der Waals surface area contributed by atoms with Gasteiger partial charge in [-0.25, -0.2) is 0 Å². The van der Waals surface area contributed by atoms with E-state index < -0.39 is 0 Å². The Balaban J connectivity index is 2.86. The minimum atomic E-state index is -0.380. The maximum atomic E-state index is 9.41. The highest BCUT2D eigenvalue weighted by Crippen LogP contribution is 2.15. The Morgan fingerprint density at radius 1 is 1.55 bits per heavy atom. The van der Waals surface area contributed by atoms with E-state index in [1.54, 1.807) is 0 Å². The number of aryl methyl sites for hydroxylation is 1. The van der Waals surface area contributed by atoms with Crippen molar-refractivity contribution in [2.75, 3.05) is 5.33 Å². The van der Waals surface area contributed by atoms with E-state index in [0.29, 0.717) is 5.33 Å². The van der Waals surface area contributed by atoms with Gasteiger partial charge in [-0.2, -0.15) is 0 Å². The zero-order valence-electron chi connectivity index (χ0n) is 6.42. The van der Waals surface area contributed by atoms with Gasteiger partial charge in [0.2, 0.25) is 0 Å². The first-order chi connectivity index (χ1) is 5.24. The highest BCUT2D eigenvalue weighted by Gasteiger charge is 2.03. The summed E-state index contributed by atoms with van der Waals surface area (Å²) in [5.74, 6) is 0. The third kappa shape index (κ3) is 2.31. The molecule has 2 heteroatoms. The van der Waals surface area contributed by atoms with E-state index in [-0.39, 0.29) is 6.10 Å². The second-order valence-electron chi connectivity index (χ2n) is 2.58. The van der Waals surface area contributed by atoms with Crippen molar-refractivity contribution in [3.63, 3.8) is 0 Å². The van der Waals surface area contributed by atoms with Gasteiger partial charge in [0.1, 0.15) is 0 Å². The molecular formula is C9H11BrO. The molecule has 0 aliphatic heterocycles. The molecular weight excluding hydrogens is 204 g/mol. The predicted octanol–water partition coefficient (Wildman–Crippen LogP) is 2.42. The van der Waals surface area contributed by atoms with E-state index in [1.165, 1.54) is 5.56 Å². The van der Waals surface area contributed by atoms with Gasteiger partial charge >= 0.3 is 0 Å². The predicted molar refractivity (Wildman–Crippen MR) is 49.9 cm³/mol. The molecule has 1 rings (SSSR count). The Morgan fingerprint density at radius 2 is 2.27 bits per heavy atom. The Bertz CT molecular complexity index is 235. The van der Waals surface area contributed by atoms with Gasteiger partial charge in [0, 0.05) is 5.33 Å². The quantitative estimate of drug-likeness (QED) is 0.751. The Labute approximate surface area is 75.2 Å². The molecule has 0 aromatic heterocycles. The topological polar surface area (TPSA) is 20.2 Å². The zero-order chi connectivity index (χ0) is 8.27. The maximum absolute atomic E-state index is 9.41. The molecule has 1 unspecified atom stereocenters. The first-order valence-corrected chi connectivity index (χ1v) is 4.67. The highest BCUT2D eigenvalue weighted by molar-refractivity contribution is 9.09. The summed E-state index contributed by atoms with van der Waals surface area (Å²) in [5, 5.41) is 10.0. The first kappa shape index (κ1) is 8.75. The van der Waals surface area contributed by atoms with Crippen molar-refractivity contribution in [1.82, 2.24) is 0 Å². The van der Waals surface area contributed by atoms with Gasteiger partial charge in [0.05, 0.1) is 6.10 Å². The molecule has 0 radical (unpaired) electrons. The number of rotatable bonds is 2. The lowest BCUT2D eigenvalue weighted by Crippen LogP contribution is -1.97. The second kappa shape index (κ2) is 3.88. The van der Waals surface area contributed by atoms with E-state index >= 15 is 0 Å². The van der Waals surface area contributed by atoms with E-state index in [9.17, 15) is 5.11 Å². The van der Waals surface area contributed by atoms with Gasteiger partial charge in [-0.3, -0.25) is 0 Å². The van der Waals surface area contributed by atoms with Crippen molar-refractivity contribution in [1.29, 1.82) is 0 Å². The van der Waals surface area contributed by atoms with Gasteiger partial charge < -0.3 is 5.11 Å². The zero-order valence-corrected chi connectivity index (χ0v) is 8.01. The van der Waals surface area contributed by atoms with E-state index in [0.717, 1.165) is 5.56 Å². The summed E-state index contributed by atoms with van der Waals surface area (Å²) in [6.07, 6.45) is -0.380. The van der Waals surface area contributed by atoms with Crippen molar-refractivity contribution in [2.45, 2.75) is 13.0 Å². The Morgan fingerprint density at radius 3 is 2.82 bits per heavy atom. The molecule has 0 amide bonds. The van der Waals surface area contributed by atoms with Crippen LogP contribution in [0.5, 0.6) is 0 Å². The van der Waals surface area contributed by atoms with Crippen LogP contribution in [-0.2, 0) is 0 Å². The fourth-order valence-electron chi connectivity index (χ4n) is 0.966. The van der Waals surface area contributed by atoms with Gasteiger partial charge in [0.15, 0.2) is 0 Å². The lowest BCUT2D eigenvalue weighted by molar-refractivity contribution is 0.205. The minimum Gasteiger partial charge on any atom is -0.388 e. The van der Waals surface area contributed by atoms with Gasteiger partial charge in [-0.05, 0) is 12.5 Å². The summed E-state index contributed by atoms with van der Waals surface area (Å²) >= 11 is 3.23. The van der Waals surface area contributed by atoms with Crippen LogP contribution in [-0.4, -0.2) is 10.4 Å². The molecule has 0 aliphatic carbocycles. The summed E-state index contributed by atoms with van der Waals surface area (Å²) < 4.78 is 0. The van der Waals surface area contributed by atoms with Gasteiger partial charge in [-0.1, -0.05) is 45.8 Å². The molecule has 0 bridgehead atoms. The van der Waals surface area contributed by atoms with Gasteiger partial charge in [0.25, 0.3) is 0 Å². The summed E-state index contributed by atoms with van der Waals surface area (Å²) in [6, 6.07) is 7.89. The molecule has 1 aromatic carbocycles. The third-order valence-corrected chi connectivity index (χ3v) is 2.19. The van der Waals surface area contributed by atoms with Crippen LogP contribution in [0.3, 0.4) is 0 Å². The fourth-order valence-corrected chi connectivity index (χ4v) is 1.34. The molecule has 1 atom stereocenters. The van der Waals surface area contributed by atoms with Crippen molar-refractivity contribution in [3.8, 4) is 0 Å². The smallest absolute Gasteiger partial charge is 0.0886 e. The lowest BCUT2D eigenvalue weighted by atomic mass is 10.1. The van der Waals surface area contributed by atoms with Crippen molar-refractivity contribution in [2.24, 2.45) is 0 Å². The summed E-state index contributed by atoms with van der Waals surface area (Å²) in [5.41, 5.74) is 2.16. The highest BCUT2D eigenvalue weighted by atomic mass is 79.9. The SMILES string of the molecule is Cc1cccc(C(O)CBr)c1. The van der Waals surface area contributed by atoms with Crippen LogP contribution in [0, 0.1) is 6.92 Å². The molecule has 1 N–H and O–H groups in total. The number of benzene rings is 1. The molecule has 0 spiro atoms. The third-order valence-electron chi connectivity index (χ3n) is 1.57. The molecule has 0 heterocycles. The standard InChI is InChI=1S/C9H11BrO/c1-7-3-2-4-8(5-7)9(11)6-10/h2-5,9,11H,6H2,1H3. The van der Waals surface area contributed by atoms with Gasteiger partial charge in [-0.15, -0.1) is 0 Å². The number of halogens is 1. The molecule has 0 saturated carbocycles. The summed E-state index contributed by atoms with van der Waals surface area (Å²) in [4.78, 5) is 0. The van der Waals surface area contributed by atoms with E-state index in [4.69, 9.17) is 0 Å². The number of aliphatic hydroxyl groups excluding tert-OH is 1. The maximum Gasteiger partial charge on any atom is 0.0886 e. The average molecular weight is 215 g/mol. The van der Waals surface area contributed by atoms with Crippen LogP contribution in [0.2, 0.25) is 0 Å². The van der Waals surface area contributed by atoms with Crippen molar-refractivity contribution < 1.29 is 5.11 Å². The largest absolute Gasteiger partial charge is 0.388 e. The lowest BCUT2D eigenvalue weighted by Gasteiger charge is -2.06. The Hall–Kier alpha value is -0.340. The van der Waals surface area contributed by atoms with Crippen molar-refractivity contribution in [3.05, 3.63) is 35.4 Å². The van der Waals surface area contributed by atoms with Crippen LogP contribution in [0.25, 0.3) is 0 Å². The fraction of sp³-hybridized carbons (Fsp3) is 0.333. The second-order valence-corrected chi connectivity index (χ2v) is 3.23. The molecule has 1 nitrogen and oxygen atoms in total. The van der Waals surface area contributed by atoms with Crippen LogP contribution < -0.4 is 0 Å². The number of hydrogen-bond acceptors (Lipinski definition) is 1. The average Bonchev–Trinajstić information content (AvgIpc) is 2.03. The first-order valence-electron chi connectivity index (χ1n) is 3.54. The van der Waals surface area contributed by atoms with Crippen LogP contribution in [0.4, 0.5) is 0 Å². The van der Waals surface area contributed by atoms with Crippen molar-refractivity contribution >= 4 is 15.9 Å². The number of hydrogen-bond donors (Lipinski definition) is 1. The number of aliphatic hydroxyl groups is 1. The molecule has 1 aromatic rings. The van der Waals surface area contributed by atoms with Crippen LogP contribution >= 0.6 is 15.9 Å². The summed E-state index contributed by atoms with van der Waals surface area (Å²) in [6.45, 7) is 2.02. The molecule has 60 valence electrons. The van der Waals surface area contributed by atoms with E-state index in [1.807, 2.05) is 31.2 Å². The molecule has 11 heavy (non-hydrogen) atoms. The Kier molecular flexibility index (Phi) is 3.09. The minimum absolute atomic E-state index is 0.380. The molecule has 0 saturated heterocycles. The number of alkyl halides is 1. The monoisotopic (exact) mass is 214 g/mol. The molecule has 0 aliphatic rings. The van der Waals surface area contributed by atoms with Crippen LogP contribution in [0.15, 0.2) is 24.3 Å². The van der Waals surface area contributed by atoms with E-state index in [2.05, 4.69) is 15.9 Å². The normalized spacial score (nSPS) is 13.0. The molecule has 0 fully saturated rings. The van der Waals surface area contributed by atoms with Crippen LogP contribution in [0.1, 0.15) is 17.2 Å².